The zero-order valence-electron chi connectivity index (χ0n) is 16.3. The normalized spacial score (nSPS) is 11.5. The van der Waals surface area contributed by atoms with E-state index in [-0.39, 0.29) is 5.57 Å². The number of nitriles is 1. The SMILES string of the molecule is N#C/C(=C\c1cn(Cc2ccc(Cl)c(Cl)c2)c2ccccc12)C(=O)NCc1cccs1. The van der Waals surface area contributed by atoms with Gasteiger partial charge >= 0.3 is 0 Å². The monoisotopic (exact) mass is 465 g/mol. The third-order valence-corrected chi connectivity index (χ3v) is 6.44. The summed E-state index contributed by atoms with van der Waals surface area (Å²) in [5.41, 5.74) is 2.86. The van der Waals surface area contributed by atoms with Crippen molar-refractivity contribution >= 4 is 57.4 Å². The highest BCUT2D eigenvalue weighted by atomic mass is 35.5. The third-order valence-electron chi connectivity index (χ3n) is 4.82. The first-order valence-electron chi connectivity index (χ1n) is 9.49. The highest BCUT2D eigenvalue weighted by Crippen LogP contribution is 2.27. The van der Waals surface area contributed by atoms with Gasteiger partial charge in [0.1, 0.15) is 11.6 Å². The summed E-state index contributed by atoms with van der Waals surface area (Å²) in [5.74, 6) is -0.391. The molecule has 0 fully saturated rings. The summed E-state index contributed by atoms with van der Waals surface area (Å²) in [6.45, 7) is 0.978. The van der Waals surface area contributed by atoms with Crippen LogP contribution < -0.4 is 5.32 Å². The van der Waals surface area contributed by atoms with Gasteiger partial charge in [0.25, 0.3) is 5.91 Å². The van der Waals surface area contributed by atoms with E-state index in [1.165, 1.54) is 0 Å². The van der Waals surface area contributed by atoms with Gasteiger partial charge in [-0.15, -0.1) is 11.3 Å². The molecule has 31 heavy (non-hydrogen) atoms. The minimum absolute atomic E-state index is 0.0639. The van der Waals surface area contributed by atoms with Crippen molar-refractivity contribution in [1.82, 2.24) is 9.88 Å². The topological polar surface area (TPSA) is 57.8 Å². The maximum atomic E-state index is 12.5. The number of fused-ring (bicyclic) bond motifs is 1. The Hall–Kier alpha value is -3.04. The predicted octanol–water partition coefficient (Wildman–Crippen LogP) is 6.28. The molecule has 0 aliphatic carbocycles. The maximum absolute atomic E-state index is 12.5. The van der Waals surface area contributed by atoms with Gasteiger partial charge < -0.3 is 9.88 Å². The van der Waals surface area contributed by atoms with E-state index < -0.39 is 5.91 Å². The second kappa shape index (κ2) is 9.40. The molecule has 4 nitrogen and oxygen atoms in total. The minimum Gasteiger partial charge on any atom is -0.347 e. The van der Waals surface area contributed by atoms with Crippen molar-refractivity contribution in [3.8, 4) is 6.07 Å². The molecule has 7 heteroatoms. The molecule has 1 amide bonds. The van der Waals surface area contributed by atoms with Crippen LogP contribution in [0.5, 0.6) is 0 Å². The maximum Gasteiger partial charge on any atom is 0.262 e. The van der Waals surface area contributed by atoms with E-state index >= 15 is 0 Å². The van der Waals surface area contributed by atoms with Crippen LogP contribution in [0.25, 0.3) is 17.0 Å². The van der Waals surface area contributed by atoms with Crippen LogP contribution in [-0.4, -0.2) is 10.5 Å². The van der Waals surface area contributed by atoms with Gasteiger partial charge in [0.2, 0.25) is 0 Å². The number of aromatic nitrogens is 1. The molecule has 0 atom stereocenters. The number of hydrogen-bond donors (Lipinski definition) is 1. The molecule has 0 bridgehead atoms. The van der Waals surface area contributed by atoms with Crippen LogP contribution >= 0.6 is 34.5 Å². The molecule has 0 saturated carbocycles. The molecule has 0 radical (unpaired) electrons. The zero-order chi connectivity index (χ0) is 21.8. The van der Waals surface area contributed by atoms with Crippen molar-refractivity contribution in [2.45, 2.75) is 13.1 Å². The van der Waals surface area contributed by atoms with Crippen LogP contribution in [0, 0.1) is 11.3 Å². The van der Waals surface area contributed by atoms with Gasteiger partial charge in [-0.25, -0.2) is 0 Å². The Kier molecular flexibility index (Phi) is 6.43. The van der Waals surface area contributed by atoms with Crippen molar-refractivity contribution in [1.29, 1.82) is 5.26 Å². The van der Waals surface area contributed by atoms with Crippen LogP contribution in [0.15, 0.2) is 71.7 Å². The van der Waals surface area contributed by atoms with E-state index in [0.29, 0.717) is 23.1 Å². The number of carbonyl (C=O) groups is 1. The van der Waals surface area contributed by atoms with Crippen molar-refractivity contribution in [2.75, 3.05) is 0 Å². The van der Waals surface area contributed by atoms with E-state index in [4.69, 9.17) is 23.2 Å². The first-order chi connectivity index (χ1) is 15.0. The number of halogens is 2. The van der Waals surface area contributed by atoms with Gasteiger partial charge in [-0.2, -0.15) is 5.26 Å². The summed E-state index contributed by atoms with van der Waals surface area (Å²) in [7, 11) is 0. The summed E-state index contributed by atoms with van der Waals surface area (Å²) < 4.78 is 2.07. The second-order valence-electron chi connectivity index (χ2n) is 6.91. The van der Waals surface area contributed by atoms with Crippen molar-refractivity contribution < 1.29 is 4.79 Å². The summed E-state index contributed by atoms with van der Waals surface area (Å²) in [6.07, 6.45) is 3.58. The van der Waals surface area contributed by atoms with Gasteiger partial charge in [0.15, 0.2) is 0 Å². The van der Waals surface area contributed by atoms with Gasteiger partial charge in [-0.3, -0.25) is 4.79 Å². The van der Waals surface area contributed by atoms with E-state index in [1.54, 1.807) is 23.5 Å². The average Bonchev–Trinajstić information content (AvgIpc) is 3.41. The smallest absolute Gasteiger partial charge is 0.262 e. The Morgan fingerprint density at radius 1 is 1.13 bits per heavy atom. The molecule has 154 valence electrons. The van der Waals surface area contributed by atoms with E-state index in [9.17, 15) is 10.1 Å². The lowest BCUT2D eigenvalue weighted by atomic mass is 10.1. The molecule has 2 aromatic carbocycles. The van der Waals surface area contributed by atoms with Crippen LogP contribution in [-0.2, 0) is 17.9 Å². The molecule has 4 aromatic rings. The molecule has 0 saturated heterocycles. The molecule has 0 aliphatic heterocycles. The fourth-order valence-corrected chi connectivity index (χ4v) is 4.30. The van der Waals surface area contributed by atoms with E-state index in [1.807, 2.05) is 66.2 Å². The summed E-state index contributed by atoms with van der Waals surface area (Å²) in [4.78, 5) is 13.6. The number of hydrogen-bond acceptors (Lipinski definition) is 3. The van der Waals surface area contributed by atoms with Crippen molar-refractivity contribution in [3.05, 3.63) is 97.8 Å². The number of amides is 1. The Bertz CT molecular complexity index is 1320. The molecule has 1 N–H and O–H groups in total. The predicted molar refractivity (Wildman–Crippen MR) is 127 cm³/mol. The molecule has 4 rings (SSSR count). The number of carbonyl (C=O) groups excluding carboxylic acids is 1. The largest absolute Gasteiger partial charge is 0.347 e. The summed E-state index contributed by atoms with van der Waals surface area (Å²) in [6, 6.07) is 19.3. The number of nitrogens with zero attached hydrogens (tertiary/aromatic N) is 2. The molecule has 0 spiro atoms. The van der Waals surface area contributed by atoms with Gasteiger partial charge in [-0.05, 0) is 41.3 Å². The number of rotatable bonds is 6. The van der Waals surface area contributed by atoms with Crippen molar-refractivity contribution in [2.24, 2.45) is 0 Å². The van der Waals surface area contributed by atoms with Crippen LogP contribution in [0.3, 0.4) is 0 Å². The first-order valence-corrected chi connectivity index (χ1v) is 11.1. The highest BCUT2D eigenvalue weighted by Gasteiger charge is 2.13. The van der Waals surface area contributed by atoms with Gasteiger partial charge in [-0.1, -0.05) is 53.5 Å². The lowest BCUT2D eigenvalue weighted by molar-refractivity contribution is -0.117. The fraction of sp³-hybridized carbons (Fsp3) is 0.0833. The molecular formula is C24H17Cl2N3OS. The number of thiophene rings is 1. The fourth-order valence-electron chi connectivity index (χ4n) is 3.34. The Morgan fingerprint density at radius 3 is 2.71 bits per heavy atom. The standard InChI is InChI=1S/C24H17Cl2N3OS/c25-21-8-7-16(10-22(21)26)14-29-15-18(20-5-1-2-6-23(20)29)11-17(12-27)24(30)28-13-19-4-3-9-31-19/h1-11,15H,13-14H2,(H,28,30)/b17-11+. The lowest BCUT2D eigenvalue weighted by Gasteiger charge is -2.06. The van der Waals surface area contributed by atoms with Crippen LogP contribution in [0.2, 0.25) is 10.0 Å². The van der Waals surface area contributed by atoms with E-state index in [0.717, 1.165) is 26.9 Å². The quantitative estimate of drug-likeness (QED) is 0.269. The Balaban J connectivity index is 1.64. The van der Waals surface area contributed by atoms with E-state index in [2.05, 4.69) is 9.88 Å². The van der Waals surface area contributed by atoms with Gasteiger partial charge in [0, 0.05) is 34.1 Å². The molecule has 0 unspecified atom stereocenters. The number of benzene rings is 2. The minimum atomic E-state index is -0.391. The highest BCUT2D eigenvalue weighted by molar-refractivity contribution is 7.09. The van der Waals surface area contributed by atoms with Crippen LogP contribution in [0.4, 0.5) is 0 Å². The van der Waals surface area contributed by atoms with Crippen LogP contribution in [0.1, 0.15) is 16.0 Å². The lowest BCUT2D eigenvalue weighted by Crippen LogP contribution is -2.23. The third kappa shape index (κ3) is 4.83. The Morgan fingerprint density at radius 2 is 1.97 bits per heavy atom. The summed E-state index contributed by atoms with van der Waals surface area (Å²) in [5, 5.41) is 16.3. The molecule has 0 aliphatic rings. The zero-order valence-corrected chi connectivity index (χ0v) is 18.6. The van der Waals surface area contributed by atoms with Crippen molar-refractivity contribution in [3.63, 3.8) is 0 Å². The van der Waals surface area contributed by atoms with Gasteiger partial charge in [0.05, 0.1) is 16.6 Å². The summed E-state index contributed by atoms with van der Waals surface area (Å²) >= 11 is 13.7. The second-order valence-corrected chi connectivity index (χ2v) is 8.76. The number of para-hydroxylation sites is 1. The molecule has 2 heterocycles. The number of nitrogens with one attached hydrogen (secondary N) is 1. The Labute approximate surface area is 193 Å². The molecule has 2 aromatic heterocycles. The first kappa shape index (κ1) is 21.2. The average molecular weight is 466 g/mol. The molecular weight excluding hydrogens is 449 g/mol.